The maximum absolute atomic E-state index is 13.6. The van der Waals surface area contributed by atoms with Crippen molar-refractivity contribution < 1.29 is 9.18 Å². The van der Waals surface area contributed by atoms with Crippen molar-refractivity contribution in [3.05, 3.63) is 80.8 Å². The van der Waals surface area contributed by atoms with E-state index in [1.807, 2.05) is 19.1 Å². The number of halogens is 1. The van der Waals surface area contributed by atoms with Crippen LogP contribution >= 0.6 is 0 Å². The van der Waals surface area contributed by atoms with Crippen LogP contribution in [-0.2, 0) is 24.3 Å². The summed E-state index contributed by atoms with van der Waals surface area (Å²) in [5, 5.41) is 5.88. The van der Waals surface area contributed by atoms with Crippen LogP contribution in [-0.4, -0.2) is 20.4 Å². The maximum Gasteiger partial charge on any atom is 0.294 e. The van der Waals surface area contributed by atoms with E-state index in [-0.39, 0.29) is 29.6 Å². The molecule has 166 valence electrons. The van der Waals surface area contributed by atoms with Crippen LogP contribution in [0.5, 0.6) is 0 Å². The SMILES string of the molecule is Cc1cc(F)cc(CNc2ncc3n(c2=O)[C@H](C(=O)NCc2ccc(N)nc2C)CC3)c1. The second-order valence-corrected chi connectivity index (χ2v) is 8.02. The molecule has 0 radical (unpaired) electrons. The molecule has 2 aromatic heterocycles. The second-order valence-electron chi connectivity index (χ2n) is 8.02. The fourth-order valence-corrected chi connectivity index (χ4v) is 4.01. The highest BCUT2D eigenvalue weighted by molar-refractivity contribution is 5.81. The van der Waals surface area contributed by atoms with Gasteiger partial charge in [-0.1, -0.05) is 12.1 Å². The van der Waals surface area contributed by atoms with E-state index in [2.05, 4.69) is 20.6 Å². The van der Waals surface area contributed by atoms with E-state index in [1.54, 1.807) is 19.2 Å². The summed E-state index contributed by atoms with van der Waals surface area (Å²) in [4.78, 5) is 34.4. The topological polar surface area (TPSA) is 115 Å². The van der Waals surface area contributed by atoms with Crippen molar-refractivity contribution in [3.63, 3.8) is 0 Å². The first-order valence-corrected chi connectivity index (χ1v) is 10.4. The van der Waals surface area contributed by atoms with Crippen molar-refractivity contribution in [1.82, 2.24) is 19.9 Å². The van der Waals surface area contributed by atoms with Gasteiger partial charge in [-0.15, -0.1) is 0 Å². The van der Waals surface area contributed by atoms with Gasteiger partial charge in [-0.25, -0.2) is 14.4 Å². The van der Waals surface area contributed by atoms with Crippen LogP contribution in [0.15, 0.2) is 41.3 Å². The van der Waals surface area contributed by atoms with Crippen molar-refractivity contribution in [1.29, 1.82) is 0 Å². The summed E-state index contributed by atoms with van der Waals surface area (Å²) in [6, 6.07) is 7.59. The van der Waals surface area contributed by atoms with Crippen molar-refractivity contribution in [2.75, 3.05) is 11.1 Å². The number of fused-ring (bicyclic) bond motifs is 1. The van der Waals surface area contributed by atoms with Gasteiger partial charge in [0.15, 0.2) is 5.82 Å². The van der Waals surface area contributed by atoms with Crippen LogP contribution in [0.4, 0.5) is 16.0 Å². The molecule has 4 rings (SSSR count). The third kappa shape index (κ3) is 4.46. The van der Waals surface area contributed by atoms with Crippen LogP contribution < -0.4 is 21.9 Å². The van der Waals surface area contributed by atoms with E-state index < -0.39 is 6.04 Å². The molecular weight excluding hydrogens is 411 g/mol. The quantitative estimate of drug-likeness (QED) is 0.547. The minimum Gasteiger partial charge on any atom is -0.384 e. The lowest BCUT2D eigenvalue weighted by Gasteiger charge is -2.16. The average molecular weight is 436 g/mol. The van der Waals surface area contributed by atoms with E-state index in [0.29, 0.717) is 36.5 Å². The van der Waals surface area contributed by atoms with E-state index in [0.717, 1.165) is 16.8 Å². The molecule has 1 atom stereocenters. The molecule has 0 fully saturated rings. The predicted octanol–water partition coefficient (Wildman–Crippen LogP) is 2.39. The fraction of sp³-hybridized carbons (Fsp3) is 0.304. The van der Waals surface area contributed by atoms with Gasteiger partial charge in [0, 0.05) is 30.7 Å². The lowest BCUT2D eigenvalue weighted by molar-refractivity contribution is -0.124. The van der Waals surface area contributed by atoms with Gasteiger partial charge in [0.2, 0.25) is 5.91 Å². The number of nitrogens with two attached hydrogens (primary N) is 1. The Hall–Kier alpha value is -3.75. The molecular formula is C23H25FN6O2. The smallest absolute Gasteiger partial charge is 0.294 e. The summed E-state index contributed by atoms with van der Waals surface area (Å²) < 4.78 is 15.1. The van der Waals surface area contributed by atoms with Gasteiger partial charge >= 0.3 is 0 Å². The number of carbonyl (C=O) groups is 1. The third-order valence-electron chi connectivity index (χ3n) is 5.59. The lowest BCUT2D eigenvalue weighted by Crippen LogP contribution is -2.36. The normalized spacial score (nSPS) is 14.8. The molecule has 0 saturated carbocycles. The number of hydrogen-bond donors (Lipinski definition) is 3. The lowest BCUT2D eigenvalue weighted by atomic mass is 10.1. The molecule has 4 N–H and O–H groups in total. The van der Waals surface area contributed by atoms with Crippen LogP contribution in [0, 0.1) is 19.7 Å². The molecule has 0 bridgehead atoms. The summed E-state index contributed by atoms with van der Waals surface area (Å²) in [7, 11) is 0. The number of nitrogens with one attached hydrogen (secondary N) is 2. The zero-order valence-corrected chi connectivity index (χ0v) is 18.0. The van der Waals surface area contributed by atoms with Crippen LogP contribution in [0.1, 0.15) is 40.5 Å². The van der Waals surface area contributed by atoms with Gasteiger partial charge in [0.25, 0.3) is 5.56 Å². The van der Waals surface area contributed by atoms with E-state index in [9.17, 15) is 14.0 Å². The number of benzene rings is 1. The highest BCUT2D eigenvalue weighted by Gasteiger charge is 2.30. The molecule has 32 heavy (non-hydrogen) atoms. The molecule has 8 nitrogen and oxygen atoms in total. The summed E-state index contributed by atoms with van der Waals surface area (Å²) >= 11 is 0. The Bertz CT molecular complexity index is 1220. The maximum atomic E-state index is 13.6. The average Bonchev–Trinajstić information content (AvgIpc) is 3.17. The first kappa shape index (κ1) is 21.5. The number of rotatable bonds is 6. The highest BCUT2D eigenvalue weighted by atomic mass is 19.1. The van der Waals surface area contributed by atoms with E-state index in [4.69, 9.17) is 5.73 Å². The van der Waals surface area contributed by atoms with Gasteiger partial charge in [0.1, 0.15) is 17.7 Å². The summed E-state index contributed by atoms with van der Waals surface area (Å²) in [5.74, 6) is -0.00703. The summed E-state index contributed by atoms with van der Waals surface area (Å²) in [6.07, 6.45) is 2.72. The van der Waals surface area contributed by atoms with E-state index >= 15 is 0 Å². The molecule has 0 unspecified atom stereocenters. The minimum absolute atomic E-state index is 0.133. The molecule has 0 saturated heterocycles. The molecule has 0 spiro atoms. The van der Waals surface area contributed by atoms with Gasteiger partial charge in [-0.2, -0.15) is 0 Å². The Morgan fingerprint density at radius 2 is 2.06 bits per heavy atom. The standard InChI is InChI=1S/C23H25FN6O2/c1-13-7-15(9-17(24)8-13)10-26-21-23(32)30-18(12-27-21)4-5-19(30)22(31)28-11-16-3-6-20(25)29-14(16)2/h3,6-9,12,19H,4-5,10-11H2,1-2H3,(H2,25,29)(H,26,27)(H,28,31)/t19-/m0/s1. The first-order chi connectivity index (χ1) is 15.3. The van der Waals surface area contributed by atoms with Crippen molar-refractivity contribution in [2.24, 2.45) is 0 Å². The second kappa shape index (κ2) is 8.78. The zero-order valence-electron chi connectivity index (χ0n) is 18.0. The van der Waals surface area contributed by atoms with E-state index in [1.165, 1.54) is 16.7 Å². The monoisotopic (exact) mass is 436 g/mol. The first-order valence-electron chi connectivity index (χ1n) is 10.4. The number of anilines is 2. The number of aryl methyl sites for hydroxylation is 3. The largest absolute Gasteiger partial charge is 0.384 e. The minimum atomic E-state index is -0.612. The number of pyridine rings is 1. The Labute approximate surface area is 184 Å². The molecule has 1 aliphatic rings. The molecule has 0 aliphatic carbocycles. The van der Waals surface area contributed by atoms with Gasteiger partial charge < -0.3 is 16.4 Å². The predicted molar refractivity (Wildman–Crippen MR) is 120 cm³/mol. The Balaban J connectivity index is 1.49. The summed E-state index contributed by atoms with van der Waals surface area (Å²) in [6.45, 7) is 4.19. The van der Waals surface area contributed by atoms with Crippen LogP contribution in [0.2, 0.25) is 0 Å². The molecule has 3 heterocycles. The fourth-order valence-electron chi connectivity index (χ4n) is 4.01. The number of amides is 1. The third-order valence-corrected chi connectivity index (χ3v) is 5.59. The van der Waals surface area contributed by atoms with Crippen molar-refractivity contribution in [3.8, 4) is 0 Å². The molecule has 1 aromatic carbocycles. The molecule has 3 aromatic rings. The molecule has 9 heteroatoms. The van der Waals surface area contributed by atoms with Gasteiger partial charge in [-0.05, 0) is 61.6 Å². The summed E-state index contributed by atoms with van der Waals surface area (Å²) in [5.41, 5.74) is 9.14. The zero-order chi connectivity index (χ0) is 22.8. The van der Waals surface area contributed by atoms with Crippen molar-refractivity contribution >= 4 is 17.5 Å². The highest BCUT2D eigenvalue weighted by Crippen LogP contribution is 2.24. The Kier molecular flexibility index (Phi) is 5.89. The van der Waals surface area contributed by atoms with Gasteiger partial charge in [0.05, 0.1) is 0 Å². The molecule has 1 amide bonds. The Morgan fingerprint density at radius 1 is 1.25 bits per heavy atom. The number of nitrogen functional groups attached to an aromatic ring is 1. The number of hydrogen-bond acceptors (Lipinski definition) is 6. The number of carbonyl (C=O) groups excluding carboxylic acids is 1. The van der Waals surface area contributed by atoms with Gasteiger partial charge in [-0.3, -0.25) is 14.2 Å². The number of aromatic nitrogens is 3. The van der Waals surface area contributed by atoms with Crippen molar-refractivity contribution in [2.45, 2.75) is 45.8 Å². The Morgan fingerprint density at radius 3 is 2.81 bits per heavy atom. The number of nitrogens with zero attached hydrogens (tertiary/aromatic N) is 3. The van der Waals surface area contributed by atoms with Crippen LogP contribution in [0.3, 0.4) is 0 Å². The van der Waals surface area contributed by atoms with Crippen LogP contribution in [0.25, 0.3) is 0 Å². The molecule has 1 aliphatic heterocycles.